The molecule has 0 saturated carbocycles. The first-order valence-electron chi connectivity index (χ1n) is 7.51. The highest BCUT2D eigenvalue weighted by Crippen LogP contribution is 2.33. The Morgan fingerprint density at radius 3 is 2.19 bits per heavy atom. The summed E-state index contributed by atoms with van der Waals surface area (Å²) in [6.45, 7) is 4.92. The predicted molar refractivity (Wildman–Crippen MR) is 87.6 cm³/mol. The zero-order chi connectivity index (χ0) is 15.2. The van der Waals surface area contributed by atoms with E-state index in [4.69, 9.17) is 0 Å². The molecule has 2 aromatic carbocycles. The van der Waals surface area contributed by atoms with Crippen LogP contribution in [-0.4, -0.2) is 13.6 Å². The summed E-state index contributed by atoms with van der Waals surface area (Å²) in [5.41, 5.74) is 2.89. The normalized spacial score (nSPS) is 12.2. The van der Waals surface area contributed by atoms with Crippen LogP contribution in [0.4, 0.5) is 15.8 Å². The summed E-state index contributed by atoms with van der Waals surface area (Å²) in [6, 6.07) is 15.4. The number of hydrogen-bond acceptors (Lipinski definition) is 2. The highest BCUT2D eigenvalue weighted by Gasteiger charge is 2.18. The lowest BCUT2D eigenvalue weighted by atomic mass is 10.0. The molecule has 1 atom stereocenters. The first kappa shape index (κ1) is 15.5. The van der Waals surface area contributed by atoms with Gasteiger partial charge in [-0.3, -0.25) is 0 Å². The van der Waals surface area contributed by atoms with Crippen molar-refractivity contribution < 1.29 is 4.39 Å². The van der Waals surface area contributed by atoms with Crippen molar-refractivity contribution in [3.05, 3.63) is 59.9 Å². The molecular formula is C18H23FN2. The van der Waals surface area contributed by atoms with E-state index in [1.807, 2.05) is 43.1 Å². The predicted octanol–water partition coefficient (Wildman–Crippen LogP) is 4.65. The lowest BCUT2D eigenvalue weighted by Gasteiger charge is -2.29. The number of nitrogens with zero attached hydrogens (tertiary/aromatic N) is 1. The van der Waals surface area contributed by atoms with E-state index in [9.17, 15) is 4.39 Å². The second kappa shape index (κ2) is 7.23. The fraction of sp³-hybridized carbons (Fsp3) is 0.333. The monoisotopic (exact) mass is 286 g/mol. The molecule has 0 bridgehead atoms. The zero-order valence-corrected chi connectivity index (χ0v) is 12.9. The van der Waals surface area contributed by atoms with Gasteiger partial charge in [0, 0.05) is 18.3 Å². The van der Waals surface area contributed by atoms with Crippen LogP contribution < -0.4 is 10.2 Å². The van der Waals surface area contributed by atoms with Crippen molar-refractivity contribution in [2.24, 2.45) is 0 Å². The lowest BCUT2D eigenvalue weighted by Crippen LogP contribution is -2.23. The first-order chi connectivity index (χ1) is 10.2. The molecular weight excluding hydrogens is 263 g/mol. The minimum atomic E-state index is -0.188. The van der Waals surface area contributed by atoms with Crippen LogP contribution in [0.1, 0.15) is 31.9 Å². The molecule has 0 saturated heterocycles. The van der Waals surface area contributed by atoms with E-state index >= 15 is 0 Å². The van der Waals surface area contributed by atoms with E-state index in [1.165, 1.54) is 11.6 Å². The van der Waals surface area contributed by atoms with Crippen LogP contribution in [0.5, 0.6) is 0 Å². The van der Waals surface area contributed by atoms with Crippen molar-refractivity contribution in [1.29, 1.82) is 0 Å². The van der Waals surface area contributed by atoms with Gasteiger partial charge in [0.2, 0.25) is 0 Å². The molecule has 2 aromatic rings. The Labute approximate surface area is 126 Å². The van der Waals surface area contributed by atoms with Crippen molar-refractivity contribution in [1.82, 2.24) is 5.32 Å². The molecule has 1 unspecified atom stereocenters. The third kappa shape index (κ3) is 3.24. The van der Waals surface area contributed by atoms with Gasteiger partial charge >= 0.3 is 0 Å². The van der Waals surface area contributed by atoms with Gasteiger partial charge in [-0.15, -0.1) is 0 Å². The van der Waals surface area contributed by atoms with E-state index in [0.717, 1.165) is 18.7 Å². The van der Waals surface area contributed by atoms with Gasteiger partial charge in [-0.1, -0.05) is 37.3 Å². The Morgan fingerprint density at radius 2 is 1.62 bits per heavy atom. The topological polar surface area (TPSA) is 15.3 Å². The molecule has 0 aliphatic heterocycles. The van der Waals surface area contributed by atoms with Gasteiger partial charge in [0.25, 0.3) is 0 Å². The first-order valence-corrected chi connectivity index (χ1v) is 7.51. The quantitative estimate of drug-likeness (QED) is 0.831. The third-order valence-corrected chi connectivity index (χ3v) is 3.82. The van der Waals surface area contributed by atoms with Gasteiger partial charge in [0.1, 0.15) is 5.82 Å². The minimum Gasteiger partial charge on any atom is -0.339 e. The standard InChI is InChI=1S/C18H23FN2/c1-4-16(20-3)14-10-6-8-12-17(14)21(5-2)18-13-9-7-11-15(18)19/h6-13,16,20H,4-5H2,1-3H3. The molecule has 2 nitrogen and oxygen atoms in total. The SMILES string of the molecule is CCC(NC)c1ccccc1N(CC)c1ccccc1F. The maximum Gasteiger partial charge on any atom is 0.146 e. The largest absolute Gasteiger partial charge is 0.339 e. The fourth-order valence-corrected chi connectivity index (χ4v) is 2.75. The van der Waals surface area contributed by atoms with Crippen LogP contribution in [0.3, 0.4) is 0 Å². The van der Waals surface area contributed by atoms with Crippen molar-refractivity contribution in [2.45, 2.75) is 26.3 Å². The van der Waals surface area contributed by atoms with E-state index in [2.05, 4.69) is 24.4 Å². The molecule has 0 aromatic heterocycles. The van der Waals surface area contributed by atoms with E-state index in [1.54, 1.807) is 6.07 Å². The molecule has 0 radical (unpaired) electrons. The summed E-state index contributed by atoms with van der Waals surface area (Å²) in [5, 5.41) is 3.33. The number of anilines is 2. The average molecular weight is 286 g/mol. The summed E-state index contributed by atoms with van der Waals surface area (Å²) in [7, 11) is 1.96. The highest BCUT2D eigenvalue weighted by atomic mass is 19.1. The van der Waals surface area contributed by atoms with Crippen molar-refractivity contribution in [2.75, 3.05) is 18.5 Å². The molecule has 0 fully saturated rings. The molecule has 21 heavy (non-hydrogen) atoms. The molecule has 0 spiro atoms. The molecule has 3 heteroatoms. The molecule has 0 aliphatic carbocycles. The van der Waals surface area contributed by atoms with Gasteiger partial charge in [-0.05, 0) is 44.2 Å². The van der Waals surface area contributed by atoms with Crippen molar-refractivity contribution in [3.8, 4) is 0 Å². The van der Waals surface area contributed by atoms with Crippen molar-refractivity contribution >= 4 is 11.4 Å². The summed E-state index contributed by atoms with van der Waals surface area (Å²) in [4.78, 5) is 2.03. The van der Waals surface area contributed by atoms with E-state index in [0.29, 0.717) is 5.69 Å². The van der Waals surface area contributed by atoms with E-state index < -0.39 is 0 Å². The Bertz CT molecular complexity index is 579. The van der Waals surface area contributed by atoms with Crippen LogP contribution in [0.15, 0.2) is 48.5 Å². The number of benzene rings is 2. The molecule has 112 valence electrons. The maximum atomic E-state index is 14.2. The third-order valence-electron chi connectivity index (χ3n) is 3.82. The average Bonchev–Trinajstić information content (AvgIpc) is 2.52. The van der Waals surface area contributed by atoms with Crippen LogP contribution in [0, 0.1) is 5.82 Å². The number of rotatable bonds is 6. The second-order valence-corrected chi connectivity index (χ2v) is 5.00. The maximum absolute atomic E-state index is 14.2. The summed E-state index contributed by atoms with van der Waals surface area (Å²) >= 11 is 0. The van der Waals surface area contributed by atoms with Crippen LogP contribution in [-0.2, 0) is 0 Å². The van der Waals surface area contributed by atoms with E-state index in [-0.39, 0.29) is 11.9 Å². The van der Waals surface area contributed by atoms with Gasteiger partial charge in [-0.2, -0.15) is 0 Å². The number of halogens is 1. The fourth-order valence-electron chi connectivity index (χ4n) is 2.75. The highest BCUT2D eigenvalue weighted by molar-refractivity contribution is 5.67. The molecule has 1 N–H and O–H groups in total. The summed E-state index contributed by atoms with van der Waals surface area (Å²) in [5.74, 6) is -0.188. The van der Waals surface area contributed by atoms with Crippen LogP contribution in [0.2, 0.25) is 0 Å². The van der Waals surface area contributed by atoms with Gasteiger partial charge in [0.15, 0.2) is 0 Å². The van der Waals surface area contributed by atoms with Gasteiger partial charge in [-0.25, -0.2) is 4.39 Å². The second-order valence-electron chi connectivity index (χ2n) is 5.00. The smallest absolute Gasteiger partial charge is 0.146 e. The van der Waals surface area contributed by atoms with Crippen LogP contribution >= 0.6 is 0 Å². The van der Waals surface area contributed by atoms with Gasteiger partial charge < -0.3 is 10.2 Å². The number of nitrogens with one attached hydrogen (secondary N) is 1. The van der Waals surface area contributed by atoms with Crippen LogP contribution in [0.25, 0.3) is 0 Å². The molecule has 0 amide bonds. The lowest BCUT2D eigenvalue weighted by molar-refractivity contribution is 0.576. The number of hydrogen-bond donors (Lipinski definition) is 1. The Morgan fingerprint density at radius 1 is 1.00 bits per heavy atom. The minimum absolute atomic E-state index is 0.188. The Kier molecular flexibility index (Phi) is 5.34. The van der Waals surface area contributed by atoms with Crippen molar-refractivity contribution in [3.63, 3.8) is 0 Å². The summed E-state index contributed by atoms with van der Waals surface area (Å²) < 4.78 is 14.2. The summed E-state index contributed by atoms with van der Waals surface area (Å²) in [6.07, 6.45) is 0.988. The molecule has 0 aliphatic rings. The zero-order valence-electron chi connectivity index (χ0n) is 12.9. The number of para-hydroxylation sites is 2. The Balaban J connectivity index is 2.51. The Hall–Kier alpha value is -1.87. The molecule has 0 heterocycles. The van der Waals surface area contributed by atoms with Gasteiger partial charge in [0.05, 0.1) is 5.69 Å². The molecule has 2 rings (SSSR count).